The monoisotopic (exact) mass is 333 g/mol. The number of aryl methyl sites for hydroxylation is 1. The van der Waals surface area contributed by atoms with Crippen LogP contribution in [0.25, 0.3) is 5.69 Å². The van der Waals surface area contributed by atoms with Crippen LogP contribution in [0.15, 0.2) is 42.7 Å². The summed E-state index contributed by atoms with van der Waals surface area (Å²) in [4.78, 5) is 23.4. The van der Waals surface area contributed by atoms with E-state index in [-0.39, 0.29) is 12.4 Å². The minimum Gasteiger partial charge on any atom is -0.465 e. The van der Waals surface area contributed by atoms with Gasteiger partial charge in [0.25, 0.3) is 0 Å². The van der Waals surface area contributed by atoms with Gasteiger partial charge in [0, 0.05) is 12.4 Å². The summed E-state index contributed by atoms with van der Waals surface area (Å²) < 4.78 is 6.89. The van der Waals surface area contributed by atoms with Gasteiger partial charge in [-0.15, -0.1) is 0 Å². The second-order valence-corrected chi connectivity index (χ2v) is 5.74. The van der Waals surface area contributed by atoms with E-state index >= 15 is 0 Å². The van der Waals surface area contributed by atoms with Crippen molar-refractivity contribution in [1.29, 1.82) is 0 Å². The molecule has 1 unspecified atom stereocenters. The Bertz CT molecular complexity index is 680. The maximum Gasteiger partial charge on any atom is 0.316 e. The molecule has 0 saturated heterocycles. The number of halogens is 1. The highest BCUT2D eigenvalue weighted by atomic mass is 35.5. The Balaban J connectivity index is 2.07. The number of benzene rings is 1. The molecule has 1 aromatic heterocycles. The Morgan fingerprint density at radius 3 is 2.52 bits per heavy atom. The fraction of sp³-hybridized carbons (Fsp3) is 0.333. The van der Waals surface area contributed by atoms with Gasteiger partial charge in [0.05, 0.1) is 17.3 Å². The van der Waals surface area contributed by atoms with E-state index in [1.165, 1.54) is 6.92 Å². The van der Waals surface area contributed by atoms with Crippen molar-refractivity contribution in [3.8, 4) is 5.69 Å². The van der Waals surface area contributed by atoms with Crippen LogP contribution < -0.4 is 0 Å². The van der Waals surface area contributed by atoms with Crippen molar-refractivity contribution in [2.24, 2.45) is 5.92 Å². The van der Waals surface area contributed by atoms with Crippen LogP contribution >= 0.6 is 11.6 Å². The summed E-state index contributed by atoms with van der Waals surface area (Å²) in [5.74, 6) is -1.33. The summed E-state index contributed by atoms with van der Waals surface area (Å²) in [6, 6.07) is 9.63. The summed E-state index contributed by atoms with van der Waals surface area (Å²) in [6.07, 6.45) is 4.86. The van der Waals surface area contributed by atoms with Crippen LogP contribution in [0, 0.1) is 5.92 Å². The molecule has 0 amide bonds. The molecule has 23 heavy (non-hydrogen) atoms. The number of rotatable bonds is 7. The lowest BCUT2D eigenvalue weighted by Crippen LogP contribution is -2.25. The van der Waals surface area contributed by atoms with E-state index in [1.54, 1.807) is 6.92 Å². The molecule has 0 aliphatic rings. The first kappa shape index (κ1) is 17.3. The molecule has 4 nitrogen and oxygen atoms in total. The number of hydrogen-bond acceptors (Lipinski definition) is 3. The van der Waals surface area contributed by atoms with Crippen molar-refractivity contribution in [1.82, 2.24) is 4.57 Å². The van der Waals surface area contributed by atoms with Crippen LogP contribution in [0.3, 0.4) is 0 Å². The van der Waals surface area contributed by atoms with Gasteiger partial charge >= 0.3 is 5.97 Å². The summed E-state index contributed by atoms with van der Waals surface area (Å²) in [6.45, 7) is 3.43. The normalized spacial score (nSPS) is 12.0. The lowest BCUT2D eigenvalue weighted by molar-refractivity contribution is -0.151. The van der Waals surface area contributed by atoms with Crippen molar-refractivity contribution >= 4 is 23.4 Å². The van der Waals surface area contributed by atoms with Crippen molar-refractivity contribution in [2.75, 3.05) is 6.61 Å². The van der Waals surface area contributed by atoms with Gasteiger partial charge in [-0.1, -0.05) is 17.7 Å². The van der Waals surface area contributed by atoms with Crippen molar-refractivity contribution in [3.05, 3.63) is 53.3 Å². The van der Waals surface area contributed by atoms with E-state index in [4.69, 9.17) is 16.3 Å². The molecule has 122 valence electrons. The van der Waals surface area contributed by atoms with Gasteiger partial charge in [0.15, 0.2) is 0 Å². The lowest BCUT2D eigenvalue weighted by atomic mass is 9.96. The van der Waals surface area contributed by atoms with E-state index < -0.39 is 11.9 Å². The first-order valence-corrected chi connectivity index (χ1v) is 7.99. The topological polar surface area (TPSA) is 48.3 Å². The maximum atomic E-state index is 11.8. The number of hydrogen-bond donors (Lipinski definition) is 0. The average Bonchev–Trinajstić information content (AvgIpc) is 3.01. The van der Waals surface area contributed by atoms with Gasteiger partial charge in [-0.3, -0.25) is 9.59 Å². The third-order valence-corrected chi connectivity index (χ3v) is 3.98. The molecule has 1 heterocycles. The van der Waals surface area contributed by atoms with Crippen LogP contribution in [0.4, 0.5) is 0 Å². The second kappa shape index (κ2) is 7.97. The Hall–Kier alpha value is -2.07. The number of aromatic nitrogens is 1. The standard InChI is InChI=1S/C18H20ClNO3/c1-3-23-18(22)15(13(2)21)8-6-14-7-9-17(16(19)12-14)20-10-4-5-11-20/h4-5,7,9-12,15H,3,6,8H2,1-2H3. The molecule has 0 saturated carbocycles. The Morgan fingerprint density at radius 1 is 1.26 bits per heavy atom. The third-order valence-electron chi connectivity index (χ3n) is 3.68. The van der Waals surface area contributed by atoms with Gasteiger partial charge in [0.1, 0.15) is 11.7 Å². The van der Waals surface area contributed by atoms with Crippen LogP contribution in [0.1, 0.15) is 25.8 Å². The summed E-state index contributed by atoms with van der Waals surface area (Å²) >= 11 is 6.33. The molecule has 0 bridgehead atoms. The molecule has 2 aromatic rings. The largest absolute Gasteiger partial charge is 0.465 e. The lowest BCUT2D eigenvalue weighted by Gasteiger charge is -2.13. The third kappa shape index (κ3) is 4.45. The van der Waals surface area contributed by atoms with E-state index in [2.05, 4.69) is 0 Å². The molecule has 1 aromatic carbocycles. The number of nitrogens with zero attached hydrogens (tertiary/aromatic N) is 1. The number of ether oxygens (including phenoxy) is 1. The molecule has 1 atom stereocenters. The number of carbonyl (C=O) groups excluding carboxylic acids is 2. The predicted octanol–water partition coefficient (Wildman–Crippen LogP) is 3.83. The van der Waals surface area contributed by atoms with Crippen LogP contribution in [-0.2, 0) is 20.7 Å². The summed E-state index contributed by atoms with van der Waals surface area (Å²) in [5, 5.41) is 0.634. The molecule has 0 aliphatic carbocycles. The highest BCUT2D eigenvalue weighted by Crippen LogP contribution is 2.23. The van der Waals surface area contributed by atoms with E-state index in [1.807, 2.05) is 47.3 Å². The van der Waals surface area contributed by atoms with Gasteiger partial charge < -0.3 is 9.30 Å². The molecule has 0 radical (unpaired) electrons. The molecule has 5 heteroatoms. The number of ketones is 1. The van der Waals surface area contributed by atoms with Crippen molar-refractivity contribution < 1.29 is 14.3 Å². The zero-order valence-electron chi connectivity index (χ0n) is 13.3. The van der Waals surface area contributed by atoms with Crippen LogP contribution in [0.5, 0.6) is 0 Å². The minimum absolute atomic E-state index is 0.168. The van der Waals surface area contributed by atoms with E-state index in [0.29, 0.717) is 17.9 Å². The Kier molecular flexibility index (Phi) is 5.99. The highest BCUT2D eigenvalue weighted by molar-refractivity contribution is 6.32. The molecule has 0 spiro atoms. The first-order chi connectivity index (χ1) is 11.0. The predicted molar refractivity (Wildman–Crippen MR) is 89.9 cm³/mol. The van der Waals surface area contributed by atoms with Crippen LogP contribution in [-0.4, -0.2) is 22.9 Å². The van der Waals surface area contributed by atoms with E-state index in [9.17, 15) is 9.59 Å². The van der Waals surface area contributed by atoms with Crippen LogP contribution in [0.2, 0.25) is 5.02 Å². The smallest absolute Gasteiger partial charge is 0.316 e. The Morgan fingerprint density at radius 2 is 1.96 bits per heavy atom. The van der Waals surface area contributed by atoms with Gasteiger partial charge in [-0.2, -0.15) is 0 Å². The zero-order chi connectivity index (χ0) is 16.8. The SMILES string of the molecule is CCOC(=O)C(CCc1ccc(-n2cccc2)c(Cl)c1)C(C)=O. The average molecular weight is 334 g/mol. The fourth-order valence-corrected chi connectivity index (χ4v) is 2.75. The molecule has 2 rings (SSSR count). The van der Waals surface area contributed by atoms with Gasteiger partial charge in [-0.05, 0) is 56.5 Å². The zero-order valence-corrected chi connectivity index (χ0v) is 14.0. The molecular formula is C18H20ClNO3. The maximum absolute atomic E-state index is 11.8. The van der Waals surface area contributed by atoms with Crippen molar-refractivity contribution in [2.45, 2.75) is 26.7 Å². The summed E-state index contributed by atoms with van der Waals surface area (Å²) in [5.41, 5.74) is 1.88. The molecule has 0 aliphatic heterocycles. The first-order valence-electron chi connectivity index (χ1n) is 7.61. The number of Topliss-reactive ketones (excluding diaryl/α,β-unsaturated/α-hetero) is 1. The van der Waals surface area contributed by atoms with E-state index in [0.717, 1.165) is 11.3 Å². The van der Waals surface area contributed by atoms with Gasteiger partial charge in [0.2, 0.25) is 0 Å². The number of esters is 1. The molecule has 0 N–H and O–H groups in total. The second-order valence-electron chi connectivity index (χ2n) is 5.33. The summed E-state index contributed by atoms with van der Waals surface area (Å²) in [7, 11) is 0. The van der Waals surface area contributed by atoms with Gasteiger partial charge in [-0.25, -0.2) is 0 Å². The quantitative estimate of drug-likeness (QED) is 0.571. The molecule has 0 fully saturated rings. The minimum atomic E-state index is -0.710. The number of carbonyl (C=O) groups is 2. The highest BCUT2D eigenvalue weighted by Gasteiger charge is 2.24. The fourth-order valence-electron chi connectivity index (χ4n) is 2.45. The molecular weight excluding hydrogens is 314 g/mol. The Labute approximate surface area is 141 Å². The van der Waals surface area contributed by atoms with Crippen molar-refractivity contribution in [3.63, 3.8) is 0 Å².